The van der Waals surface area contributed by atoms with E-state index in [1.165, 1.54) is 6.92 Å². The van der Waals surface area contributed by atoms with E-state index in [0.717, 1.165) is 11.1 Å². The molecule has 0 bridgehead atoms. The van der Waals surface area contributed by atoms with Gasteiger partial charge in [0.25, 0.3) is 0 Å². The lowest BCUT2D eigenvalue weighted by Gasteiger charge is -2.60. The fourth-order valence-electron chi connectivity index (χ4n) is 9.20. The Morgan fingerprint density at radius 1 is 1.09 bits per heavy atom. The molecule has 0 radical (unpaired) electrons. The largest absolute Gasteiger partial charge is 0.458 e. The molecule has 2 saturated carbocycles. The molecular weight excluding hydrogens is 587 g/mol. The Bertz CT molecular complexity index is 1280. The highest BCUT2D eigenvalue weighted by Crippen LogP contribution is 2.70. The van der Waals surface area contributed by atoms with Gasteiger partial charge in [0.05, 0.1) is 19.3 Å². The van der Waals surface area contributed by atoms with Gasteiger partial charge in [-0.25, -0.2) is 0 Å². The minimum atomic E-state index is -3.59. The highest BCUT2D eigenvalue weighted by atomic mass is 31.2. The van der Waals surface area contributed by atoms with Gasteiger partial charge < -0.3 is 23.3 Å². The normalized spacial score (nSPS) is 36.4. The van der Waals surface area contributed by atoms with Gasteiger partial charge in [-0.2, -0.15) is 0 Å². The van der Waals surface area contributed by atoms with Gasteiger partial charge in [-0.1, -0.05) is 44.9 Å². The highest BCUT2D eigenvalue weighted by Gasteiger charge is 2.73. The first-order valence-corrected chi connectivity index (χ1v) is 17.6. The monoisotopic (exact) mass is 636 g/mol. The molecule has 0 amide bonds. The van der Waals surface area contributed by atoms with Crippen molar-refractivity contribution in [2.75, 3.05) is 26.2 Å². The van der Waals surface area contributed by atoms with E-state index in [-0.39, 0.29) is 55.4 Å². The lowest BCUT2D eigenvalue weighted by molar-refractivity contribution is -0.208. The quantitative estimate of drug-likeness (QED) is 0.143. The molecule has 246 valence electrons. The van der Waals surface area contributed by atoms with Crippen molar-refractivity contribution in [1.82, 2.24) is 0 Å². The van der Waals surface area contributed by atoms with Crippen molar-refractivity contribution in [3.8, 4) is 0 Å². The smallest absolute Gasteiger partial charge is 0.356 e. The van der Waals surface area contributed by atoms with E-state index >= 15 is 0 Å². The number of carbonyl (C=O) groups is 4. The first-order valence-electron chi connectivity index (χ1n) is 15.9. The number of Topliss-reactive ketones (excluding diaryl/α,β-unsaturated/α-hetero) is 1. The van der Waals surface area contributed by atoms with E-state index in [1.807, 2.05) is 19.9 Å². The second-order valence-corrected chi connectivity index (χ2v) is 15.3. The van der Waals surface area contributed by atoms with Crippen molar-refractivity contribution in [1.29, 1.82) is 0 Å². The third-order valence-electron chi connectivity index (χ3n) is 10.8. The first-order chi connectivity index (χ1) is 20.6. The molecular formula is C33H49O10P. The lowest BCUT2D eigenvalue weighted by Crippen LogP contribution is -2.64. The molecule has 10 nitrogen and oxygen atoms in total. The summed E-state index contributed by atoms with van der Waals surface area (Å²) in [5.41, 5.74) is -0.741. The Balaban J connectivity index is 1.87. The second kappa shape index (κ2) is 12.9. The molecule has 0 aliphatic heterocycles. The van der Waals surface area contributed by atoms with E-state index in [9.17, 15) is 23.7 Å². The molecule has 0 N–H and O–H groups in total. The number of rotatable bonds is 12. The van der Waals surface area contributed by atoms with Gasteiger partial charge in [0.15, 0.2) is 18.0 Å². The molecule has 44 heavy (non-hydrogen) atoms. The molecule has 0 aromatic rings. The molecule has 0 heterocycles. The maximum absolute atomic E-state index is 14.2. The molecule has 4 aliphatic rings. The Morgan fingerprint density at radius 3 is 2.34 bits per heavy atom. The molecule has 4 rings (SSSR count). The molecule has 0 saturated heterocycles. The molecule has 8 atom stereocenters. The zero-order valence-electron chi connectivity index (χ0n) is 27.4. The summed E-state index contributed by atoms with van der Waals surface area (Å²) >= 11 is 0. The molecule has 0 unspecified atom stereocenters. The minimum Gasteiger partial charge on any atom is -0.458 e. The average molecular weight is 637 g/mol. The Morgan fingerprint density at radius 2 is 1.75 bits per heavy atom. The summed E-state index contributed by atoms with van der Waals surface area (Å²) in [6, 6.07) is 0. The Kier molecular flexibility index (Phi) is 10.2. The van der Waals surface area contributed by atoms with Crippen LogP contribution in [0, 0.1) is 34.5 Å². The van der Waals surface area contributed by atoms with Crippen molar-refractivity contribution in [3.05, 3.63) is 23.3 Å². The summed E-state index contributed by atoms with van der Waals surface area (Å²) in [6.45, 7) is 14.4. The van der Waals surface area contributed by atoms with Gasteiger partial charge in [0.2, 0.25) is 5.78 Å². The number of carbonyl (C=O) groups excluding carboxylic acids is 4. The summed E-state index contributed by atoms with van der Waals surface area (Å²) < 4.78 is 42.8. The third kappa shape index (κ3) is 5.80. The van der Waals surface area contributed by atoms with E-state index < -0.39 is 54.5 Å². The fourth-order valence-corrected chi connectivity index (χ4v) is 10.6. The third-order valence-corrected chi connectivity index (χ3v) is 12.6. The summed E-state index contributed by atoms with van der Waals surface area (Å²) in [6.07, 6.45) is 4.85. The zero-order valence-corrected chi connectivity index (χ0v) is 28.3. The first kappa shape index (κ1) is 34.7. The number of allylic oxidation sites excluding steroid dienone is 4. The van der Waals surface area contributed by atoms with Crippen molar-refractivity contribution in [2.45, 2.75) is 99.2 Å². The van der Waals surface area contributed by atoms with Gasteiger partial charge >= 0.3 is 19.5 Å². The van der Waals surface area contributed by atoms with Crippen LogP contribution >= 0.6 is 7.60 Å². The van der Waals surface area contributed by atoms with Crippen LogP contribution in [0.5, 0.6) is 0 Å². The predicted molar refractivity (Wildman–Crippen MR) is 163 cm³/mol. The fraction of sp³-hybridized carbons (Fsp3) is 0.758. The van der Waals surface area contributed by atoms with Crippen LogP contribution in [0.1, 0.15) is 87.5 Å². The maximum atomic E-state index is 14.2. The zero-order chi connectivity index (χ0) is 32.7. The van der Waals surface area contributed by atoms with Gasteiger partial charge in [0.1, 0.15) is 6.35 Å². The summed E-state index contributed by atoms with van der Waals surface area (Å²) in [5.74, 6) is -2.03. The maximum Gasteiger partial charge on any atom is 0.356 e. The summed E-state index contributed by atoms with van der Waals surface area (Å²) in [7, 11) is -3.59. The van der Waals surface area contributed by atoms with Crippen LogP contribution in [0.15, 0.2) is 23.3 Å². The second-order valence-electron chi connectivity index (χ2n) is 13.3. The van der Waals surface area contributed by atoms with Gasteiger partial charge in [-0.15, -0.1) is 0 Å². The van der Waals surface area contributed by atoms with Gasteiger partial charge in [-0.05, 0) is 57.9 Å². The lowest BCUT2D eigenvalue weighted by atomic mass is 9.46. The van der Waals surface area contributed by atoms with Crippen molar-refractivity contribution in [2.24, 2.45) is 34.5 Å². The highest BCUT2D eigenvalue weighted by molar-refractivity contribution is 7.53. The number of fused-ring (bicyclic) bond motifs is 5. The summed E-state index contributed by atoms with van der Waals surface area (Å²) in [4.78, 5) is 51.6. The van der Waals surface area contributed by atoms with Crippen LogP contribution in [0.3, 0.4) is 0 Å². The van der Waals surface area contributed by atoms with E-state index in [4.69, 9.17) is 23.3 Å². The van der Waals surface area contributed by atoms with Gasteiger partial charge in [0, 0.05) is 42.4 Å². The van der Waals surface area contributed by atoms with Crippen LogP contribution in [-0.4, -0.2) is 61.4 Å². The van der Waals surface area contributed by atoms with Crippen LogP contribution in [0.4, 0.5) is 0 Å². The molecule has 0 aromatic carbocycles. The Labute approximate surface area is 261 Å². The standard InChI is InChI=1S/C33H49O10P/c1-9-29(37)43-33(28(36)18-39-22(6)34)21(5)15-26-24-14-20(4)25-16-23(35)12-13-31(25,7)30(24)27(17-32(26,33)8)40-19-44(38,41-10-2)42-11-3/h12-13,21,24,26-27,30H,9-11,14-19H2,1-8H3/t21-,24+,26+,27+,30-,31+,32+,33+/m1/s1. The molecule has 0 aromatic heterocycles. The van der Waals surface area contributed by atoms with Crippen molar-refractivity contribution < 1.29 is 47.0 Å². The molecule has 2 fully saturated rings. The number of ketones is 2. The van der Waals surface area contributed by atoms with E-state index in [1.54, 1.807) is 26.8 Å². The van der Waals surface area contributed by atoms with Crippen molar-refractivity contribution >= 4 is 31.1 Å². The van der Waals surface area contributed by atoms with Gasteiger partial charge in [-0.3, -0.25) is 23.7 Å². The van der Waals surface area contributed by atoms with Crippen LogP contribution < -0.4 is 0 Å². The average Bonchev–Trinajstić information content (AvgIpc) is 3.18. The molecule has 4 aliphatic carbocycles. The SMILES string of the molecule is CCOP(=O)(CO[C@H]1C[C@@]2(C)[C@@H](C[C@@H](C)[C@]2(OC(=O)CC)C(=O)COC(C)=O)[C@@H]2CC(C)=C3CC(=O)C=C[C@]3(C)[C@H]21)OCC. The Hall–Kier alpha value is -2.13. The molecule has 11 heteroatoms. The van der Waals surface area contributed by atoms with Crippen LogP contribution in [-0.2, 0) is 47.0 Å². The number of hydrogen-bond acceptors (Lipinski definition) is 10. The number of esters is 2. The van der Waals surface area contributed by atoms with E-state index in [0.29, 0.717) is 25.7 Å². The minimum absolute atomic E-state index is 0.00453. The van der Waals surface area contributed by atoms with Crippen LogP contribution in [0.2, 0.25) is 0 Å². The predicted octanol–water partition coefficient (Wildman–Crippen LogP) is 5.97. The van der Waals surface area contributed by atoms with E-state index in [2.05, 4.69) is 13.8 Å². The topological polar surface area (TPSA) is 132 Å². The van der Waals surface area contributed by atoms with Crippen molar-refractivity contribution in [3.63, 3.8) is 0 Å². The number of hydrogen-bond donors (Lipinski definition) is 0. The summed E-state index contributed by atoms with van der Waals surface area (Å²) in [5, 5.41) is 0. The number of ether oxygens (including phenoxy) is 3. The van der Waals surface area contributed by atoms with Crippen LogP contribution in [0.25, 0.3) is 0 Å². The molecule has 0 spiro atoms.